The van der Waals surface area contributed by atoms with E-state index in [0.717, 1.165) is 18.4 Å². The second-order valence-electron chi connectivity index (χ2n) is 5.67. The first kappa shape index (κ1) is 13.1. The van der Waals surface area contributed by atoms with Crippen molar-refractivity contribution in [2.75, 3.05) is 6.54 Å². The summed E-state index contributed by atoms with van der Waals surface area (Å²) in [6, 6.07) is 6.73. The van der Waals surface area contributed by atoms with Crippen molar-refractivity contribution in [2.45, 2.75) is 38.5 Å². The van der Waals surface area contributed by atoms with Gasteiger partial charge in [-0.1, -0.05) is 26.0 Å². The van der Waals surface area contributed by atoms with Gasteiger partial charge in [-0.25, -0.2) is 4.39 Å². The smallest absolute Gasteiger partial charge is 0.220 e. The van der Waals surface area contributed by atoms with Crippen molar-refractivity contribution < 1.29 is 9.18 Å². The van der Waals surface area contributed by atoms with E-state index in [1.54, 1.807) is 12.1 Å². The fourth-order valence-corrected chi connectivity index (χ4v) is 2.25. The molecule has 0 spiro atoms. The Morgan fingerprint density at radius 3 is 2.72 bits per heavy atom. The van der Waals surface area contributed by atoms with Crippen molar-refractivity contribution >= 4 is 5.91 Å². The molecule has 0 atom stereocenters. The number of halogens is 1. The fourth-order valence-electron chi connectivity index (χ4n) is 2.25. The summed E-state index contributed by atoms with van der Waals surface area (Å²) in [5.74, 6) is 0.259. The molecule has 1 aliphatic carbocycles. The van der Waals surface area contributed by atoms with Crippen molar-refractivity contribution in [1.82, 2.24) is 5.32 Å². The van der Waals surface area contributed by atoms with Crippen molar-refractivity contribution in [3.05, 3.63) is 35.6 Å². The van der Waals surface area contributed by atoms with E-state index in [4.69, 9.17) is 0 Å². The van der Waals surface area contributed by atoms with Crippen LogP contribution < -0.4 is 5.32 Å². The molecule has 1 N–H and O–H groups in total. The molecule has 1 aromatic carbocycles. The van der Waals surface area contributed by atoms with Gasteiger partial charge in [-0.05, 0) is 36.5 Å². The third-order valence-electron chi connectivity index (χ3n) is 3.51. The molecule has 18 heavy (non-hydrogen) atoms. The molecule has 2 nitrogen and oxygen atoms in total. The van der Waals surface area contributed by atoms with E-state index in [0.29, 0.717) is 18.9 Å². The molecule has 2 rings (SSSR count). The summed E-state index contributed by atoms with van der Waals surface area (Å²) in [6.45, 7) is 4.68. The molecule has 1 amide bonds. The molecule has 98 valence electrons. The number of hydrogen-bond acceptors (Lipinski definition) is 1. The molecule has 1 saturated carbocycles. The van der Waals surface area contributed by atoms with Crippen molar-refractivity contribution in [2.24, 2.45) is 5.92 Å². The summed E-state index contributed by atoms with van der Waals surface area (Å²) < 4.78 is 13.2. The summed E-state index contributed by atoms with van der Waals surface area (Å²) in [7, 11) is 0. The lowest BCUT2D eigenvalue weighted by molar-refractivity contribution is -0.121. The fraction of sp³-hybridized carbons (Fsp3) is 0.533. The topological polar surface area (TPSA) is 29.1 Å². The zero-order chi connectivity index (χ0) is 13.2. The van der Waals surface area contributed by atoms with Gasteiger partial charge < -0.3 is 5.32 Å². The van der Waals surface area contributed by atoms with Crippen LogP contribution in [0.1, 0.15) is 38.7 Å². The SMILES string of the molecule is CC(C)CC(=O)NCC1(c2cccc(F)c2)CC1. The van der Waals surface area contributed by atoms with E-state index in [9.17, 15) is 9.18 Å². The quantitative estimate of drug-likeness (QED) is 0.854. The highest BCUT2D eigenvalue weighted by Gasteiger charge is 2.44. The van der Waals surface area contributed by atoms with Crippen LogP contribution in [0.15, 0.2) is 24.3 Å². The minimum absolute atomic E-state index is 0.0191. The Hall–Kier alpha value is -1.38. The lowest BCUT2D eigenvalue weighted by atomic mass is 9.95. The van der Waals surface area contributed by atoms with Crippen LogP contribution in [0.3, 0.4) is 0 Å². The predicted octanol–water partition coefficient (Wildman–Crippen LogP) is 3.02. The van der Waals surface area contributed by atoms with Gasteiger partial charge in [-0.15, -0.1) is 0 Å². The number of rotatable bonds is 5. The normalized spacial score (nSPS) is 16.7. The highest BCUT2D eigenvalue weighted by atomic mass is 19.1. The zero-order valence-electron chi connectivity index (χ0n) is 11.0. The van der Waals surface area contributed by atoms with E-state index < -0.39 is 0 Å². The first-order valence-electron chi connectivity index (χ1n) is 6.55. The average molecular weight is 249 g/mol. The zero-order valence-corrected chi connectivity index (χ0v) is 11.0. The Balaban J connectivity index is 1.95. The molecule has 0 unspecified atom stereocenters. The van der Waals surface area contributed by atoms with Gasteiger partial charge in [-0.2, -0.15) is 0 Å². The Bertz CT molecular complexity index is 438. The monoisotopic (exact) mass is 249 g/mol. The maximum absolute atomic E-state index is 13.2. The van der Waals surface area contributed by atoms with Crippen LogP contribution >= 0.6 is 0 Å². The first-order valence-corrected chi connectivity index (χ1v) is 6.55. The van der Waals surface area contributed by atoms with Crippen LogP contribution in [0.2, 0.25) is 0 Å². The summed E-state index contributed by atoms with van der Waals surface area (Å²) >= 11 is 0. The van der Waals surface area contributed by atoms with Crippen LogP contribution in [0.5, 0.6) is 0 Å². The molecule has 3 heteroatoms. The number of benzene rings is 1. The first-order chi connectivity index (χ1) is 8.52. The second-order valence-corrected chi connectivity index (χ2v) is 5.67. The van der Waals surface area contributed by atoms with Gasteiger partial charge in [0.2, 0.25) is 5.91 Å². The summed E-state index contributed by atoms with van der Waals surface area (Å²) in [5.41, 5.74) is 0.988. The third-order valence-corrected chi connectivity index (χ3v) is 3.51. The molecule has 1 aromatic rings. The maximum atomic E-state index is 13.2. The number of hydrogen-bond donors (Lipinski definition) is 1. The second kappa shape index (κ2) is 5.09. The average Bonchev–Trinajstić information content (AvgIpc) is 3.06. The largest absolute Gasteiger partial charge is 0.355 e. The van der Waals surface area contributed by atoms with E-state index in [1.165, 1.54) is 6.07 Å². The molecule has 0 aliphatic heterocycles. The molecular formula is C15H20FNO. The maximum Gasteiger partial charge on any atom is 0.220 e. The lowest BCUT2D eigenvalue weighted by Crippen LogP contribution is -2.32. The van der Waals surface area contributed by atoms with Crippen LogP contribution in [0.25, 0.3) is 0 Å². The van der Waals surface area contributed by atoms with Gasteiger partial charge in [0.05, 0.1) is 0 Å². The molecular weight excluding hydrogens is 229 g/mol. The molecule has 0 aromatic heterocycles. The molecule has 0 bridgehead atoms. The predicted molar refractivity (Wildman–Crippen MR) is 69.8 cm³/mol. The molecule has 1 aliphatic rings. The number of nitrogens with one attached hydrogen (secondary N) is 1. The van der Waals surface area contributed by atoms with Crippen LogP contribution in [0, 0.1) is 11.7 Å². The Morgan fingerprint density at radius 1 is 1.44 bits per heavy atom. The van der Waals surface area contributed by atoms with E-state index in [1.807, 2.05) is 19.9 Å². The van der Waals surface area contributed by atoms with Gasteiger partial charge in [-0.3, -0.25) is 4.79 Å². The van der Waals surface area contributed by atoms with Gasteiger partial charge in [0, 0.05) is 18.4 Å². The third kappa shape index (κ3) is 3.09. The molecule has 0 heterocycles. The van der Waals surface area contributed by atoms with Gasteiger partial charge in [0.15, 0.2) is 0 Å². The molecule has 0 saturated heterocycles. The van der Waals surface area contributed by atoms with Crippen molar-refractivity contribution in [3.8, 4) is 0 Å². The summed E-state index contributed by atoms with van der Waals surface area (Å²) in [4.78, 5) is 11.6. The van der Waals surface area contributed by atoms with Crippen molar-refractivity contribution in [3.63, 3.8) is 0 Å². The molecule has 0 radical (unpaired) electrons. The van der Waals surface area contributed by atoms with E-state index in [2.05, 4.69) is 5.32 Å². The van der Waals surface area contributed by atoms with E-state index in [-0.39, 0.29) is 17.1 Å². The summed E-state index contributed by atoms with van der Waals surface area (Å²) in [6.07, 6.45) is 2.61. The van der Waals surface area contributed by atoms with Gasteiger partial charge in [0.1, 0.15) is 5.82 Å². The highest BCUT2D eigenvalue weighted by Crippen LogP contribution is 2.47. The standard InChI is InChI=1S/C15H20FNO/c1-11(2)8-14(18)17-10-15(6-7-15)12-4-3-5-13(16)9-12/h3-5,9,11H,6-8,10H2,1-2H3,(H,17,18). The number of carbonyl (C=O) groups is 1. The van der Waals surface area contributed by atoms with Crippen LogP contribution in [-0.2, 0) is 10.2 Å². The minimum Gasteiger partial charge on any atom is -0.355 e. The van der Waals surface area contributed by atoms with Crippen LogP contribution in [0.4, 0.5) is 4.39 Å². The van der Waals surface area contributed by atoms with Gasteiger partial charge >= 0.3 is 0 Å². The lowest BCUT2D eigenvalue weighted by Gasteiger charge is -2.17. The minimum atomic E-state index is -0.202. The number of carbonyl (C=O) groups excluding carboxylic acids is 1. The Kier molecular flexibility index (Phi) is 3.69. The van der Waals surface area contributed by atoms with Gasteiger partial charge in [0.25, 0.3) is 0 Å². The van der Waals surface area contributed by atoms with E-state index >= 15 is 0 Å². The molecule has 1 fully saturated rings. The van der Waals surface area contributed by atoms with Crippen LogP contribution in [-0.4, -0.2) is 12.5 Å². The van der Waals surface area contributed by atoms with Crippen molar-refractivity contribution in [1.29, 1.82) is 0 Å². The summed E-state index contributed by atoms with van der Waals surface area (Å²) in [5, 5.41) is 2.97. The Morgan fingerprint density at radius 2 is 2.17 bits per heavy atom. The Labute approximate surface area is 108 Å². The number of amides is 1. The highest BCUT2D eigenvalue weighted by molar-refractivity contribution is 5.76.